The van der Waals surface area contributed by atoms with E-state index in [9.17, 15) is 18.0 Å². The van der Waals surface area contributed by atoms with Crippen molar-refractivity contribution in [3.05, 3.63) is 51.7 Å². The smallest absolute Gasteiger partial charge is 0.267 e. The van der Waals surface area contributed by atoms with Gasteiger partial charge in [-0.3, -0.25) is 20.4 Å². The Morgan fingerprint density at radius 2 is 1.69 bits per heavy atom. The molecule has 3 rings (SSSR count). The maximum absolute atomic E-state index is 12.7. The number of carbonyl (C=O) groups excluding carboxylic acids is 2. The normalized spacial score (nSPS) is 15.0. The molecule has 0 aliphatic carbocycles. The highest BCUT2D eigenvalue weighted by atomic mass is 32.2. The van der Waals surface area contributed by atoms with Gasteiger partial charge in [0.25, 0.3) is 11.8 Å². The van der Waals surface area contributed by atoms with E-state index in [1.54, 1.807) is 30.5 Å². The molecule has 0 saturated carbocycles. The second-order valence-corrected chi connectivity index (χ2v) is 8.77. The third kappa shape index (κ3) is 3.64. The number of nitrogens with zero attached hydrogens (tertiary/aromatic N) is 1. The summed E-state index contributed by atoms with van der Waals surface area (Å²) in [6.45, 7) is 2.71. The fourth-order valence-electron chi connectivity index (χ4n) is 2.80. The first kappa shape index (κ1) is 18.6. The van der Waals surface area contributed by atoms with Crippen LogP contribution in [0, 0.1) is 6.92 Å². The van der Waals surface area contributed by atoms with Crippen molar-refractivity contribution in [3.63, 3.8) is 0 Å². The van der Waals surface area contributed by atoms with Crippen LogP contribution in [-0.4, -0.2) is 37.6 Å². The van der Waals surface area contributed by atoms with Crippen LogP contribution in [0.2, 0.25) is 0 Å². The van der Waals surface area contributed by atoms with Gasteiger partial charge < -0.3 is 0 Å². The number of hydrogen-bond acceptors (Lipinski definition) is 5. The molecule has 1 aromatic heterocycles. The standard InChI is InChI=1S/C17H19N3O4S2/c1-12-6-2-3-7-13(12)16(21)18-19-17(22)15-14(8-11-25-15)26(23,24)20-9-4-5-10-20/h2-3,6-8,11H,4-5,9-10H2,1H3,(H,18,21)(H,19,22). The number of aryl methyl sites for hydroxylation is 1. The molecular formula is C17H19N3O4S2. The van der Waals surface area contributed by atoms with E-state index in [1.807, 2.05) is 6.07 Å². The molecule has 138 valence electrons. The summed E-state index contributed by atoms with van der Waals surface area (Å²) in [6.07, 6.45) is 1.63. The number of carbonyl (C=O) groups is 2. The Labute approximate surface area is 156 Å². The Balaban J connectivity index is 1.73. The molecule has 26 heavy (non-hydrogen) atoms. The number of benzene rings is 1. The molecule has 9 heteroatoms. The molecule has 2 aromatic rings. The highest BCUT2D eigenvalue weighted by molar-refractivity contribution is 7.89. The van der Waals surface area contributed by atoms with Gasteiger partial charge in [-0.15, -0.1) is 11.3 Å². The minimum atomic E-state index is -3.70. The molecule has 0 radical (unpaired) electrons. The summed E-state index contributed by atoms with van der Waals surface area (Å²) >= 11 is 1.02. The van der Waals surface area contributed by atoms with Crippen LogP contribution in [-0.2, 0) is 10.0 Å². The van der Waals surface area contributed by atoms with Gasteiger partial charge >= 0.3 is 0 Å². The molecule has 2 N–H and O–H groups in total. The number of sulfonamides is 1. The van der Waals surface area contributed by atoms with E-state index in [2.05, 4.69) is 10.9 Å². The van der Waals surface area contributed by atoms with Gasteiger partial charge in [-0.2, -0.15) is 4.31 Å². The molecule has 1 fully saturated rings. The predicted molar refractivity (Wildman–Crippen MR) is 98.4 cm³/mol. The topological polar surface area (TPSA) is 95.6 Å². The quantitative estimate of drug-likeness (QED) is 0.776. The van der Waals surface area contributed by atoms with E-state index < -0.39 is 21.8 Å². The summed E-state index contributed by atoms with van der Waals surface area (Å²) in [5.41, 5.74) is 5.84. The van der Waals surface area contributed by atoms with Gasteiger partial charge in [0.05, 0.1) is 0 Å². The van der Waals surface area contributed by atoms with Gasteiger partial charge in [-0.1, -0.05) is 18.2 Å². The minimum absolute atomic E-state index is 0.0213. The monoisotopic (exact) mass is 393 g/mol. The highest BCUT2D eigenvalue weighted by Gasteiger charge is 2.31. The maximum atomic E-state index is 12.7. The van der Waals surface area contributed by atoms with Gasteiger partial charge in [0.2, 0.25) is 10.0 Å². The molecule has 0 spiro atoms. The molecule has 1 aromatic carbocycles. The number of rotatable bonds is 4. The molecule has 1 aliphatic rings. The van der Waals surface area contributed by atoms with E-state index in [0.717, 1.165) is 29.7 Å². The molecule has 7 nitrogen and oxygen atoms in total. The van der Waals surface area contributed by atoms with Crippen LogP contribution >= 0.6 is 11.3 Å². The Kier molecular flexibility index (Phi) is 5.40. The van der Waals surface area contributed by atoms with Crippen LogP contribution in [0.5, 0.6) is 0 Å². The Hall–Kier alpha value is -2.23. The first-order valence-electron chi connectivity index (χ1n) is 8.15. The fraction of sp³-hybridized carbons (Fsp3) is 0.294. The molecule has 0 unspecified atom stereocenters. The van der Waals surface area contributed by atoms with E-state index in [-0.39, 0.29) is 9.77 Å². The van der Waals surface area contributed by atoms with Crippen molar-refractivity contribution in [2.45, 2.75) is 24.7 Å². The Morgan fingerprint density at radius 1 is 1.04 bits per heavy atom. The van der Waals surface area contributed by atoms with E-state index in [0.29, 0.717) is 18.7 Å². The van der Waals surface area contributed by atoms with Crippen LogP contribution < -0.4 is 10.9 Å². The number of nitrogens with one attached hydrogen (secondary N) is 2. The Bertz CT molecular complexity index is 931. The van der Waals surface area contributed by atoms with Crippen molar-refractivity contribution in [2.75, 3.05) is 13.1 Å². The third-order valence-corrected chi connectivity index (χ3v) is 7.18. The summed E-state index contributed by atoms with van der Waals surface area (Å²) in [6, 6.07) is 8.40. The van der Waals surface area contributed by atoms with Gasteiger partial charge in [0.15, 0.2) is 0 Å². The lowest BCUT2D eigenvalue weighted by Gasteiger charge is -2.15. The zero-order valence-corrected chi connectivity index (χ0v) is 15.8. The zero-order valence-electron chi connectivity index (χ0n) is 14.2. The number of thiophene rings is 1. The lowest BCUT2D eigenvalue weighted by Crippen LogP contribution is -2.42. The average Bonchev–Trinajstić information content (AvgIpc) is 3.31. The molecule has 1 saturated heterocycles. The van der Waals surface area contributed by atoms with Gasteiger partial charge in [0.1, 0.15) is 9.77 Å². The van der Waals surface area contributed by atoms with Crippen molar-refractivity contribution < 1.29 is 18.0 Å². The Morgan fingerprint density at radius 3 is 2.38 bits per heavy atom. The van der Waals surface area contributed by atoms with Gasteiger partial charge in [-0.05, 0) is 42.8 Å². The molecule has 2 amide bonds. The zero-order chi connectivity index (χ0) is 18.7. The summed E-state index contributed by atoms with van der Waals surface area (Å²) < 4.78 is 26.8. The fourth-order valence-corrected chi connectivity index (χ4v) is 5.61. The van der Waals surface area contributed by atoms with Gasteiger partial charge in [0, 0.05) is 18.7 Å². The first-order chi connectivity index (χ1) is 12.4. The minimum Gasteiger partial charge on any atom is -0.267 e. The number of amides is 2. The van der Waals surface area contributed by atoms with Crippen LogP contribution in [0.3, 0.4) is 0 Å². The van der Waals surface area contributed by atoms with Crippen molar-refractivity contribution in [1.29, 1.82) is 0 Å². The molecule has 0 bridgehead atoms. The van der Waals surface area contributed by atoms with E-state index in [4.69, 9.17) is 0 Å². The summed E-state index contributed by atoms with van der Waals surface area (Å²) in [5.74, 6) is -1.11. The SMILES string of the molecule is Cc1ccccc1C(=O)NNC(=O)c1sccc1S(=O)(=O)N1CCCC1. The van der Waals surface area contributed by atoms with Crippen LogP contribution in [0.15, 0.2) is 40.6 Å². The van der Waals surface area contributed by atoms with E-state index in [1.165, 1.54) is 10.4 Å². The maximum Gasteiger partial charge on any atom is 0.281 e. The molecule has 0 atom stereocenters. The molecular weight excluding hydrogens is 374 g/mol. The highest BCUT2D eigenvalue weighted by Crippen LogP contribution is 2.27. The second kappa shape index (κ2) is 7.56. The third-order valence-electron chi connectivity index (χ3n) is 4.20. The van der Waals surface area contributed by atoms with Gasteiger partial charge in [-0.25, -0.2) is 8.42 Å². The summed E-state index contributed by atoms with van der Waals surface area (Å²) in [5, 5.41) is 1.56. The summed E-state index contributed by atoms with van der Waals surface area (Å²) in [7, 11) is -3.70. The second-order valence-electron chi connectivity index (χ2n) is 5.95. The lowest BCUT2D eigenvalue weighted by molar-refractivity contribution is 0.0847. The van der Waals surface area contributed by atoms with Crippen molar-refractivity contribution >= 4 is 33.2 Å². The first-order valence-corrected chi connectivity index (χ1v) is 10.5. The van der Waals surface area contributed by atoms with Crippen molar-refractivity contribution in [3.8, 4) is 0 Å². The van der Waals surface area contributed by atoms with Crippen molar-refractivity contribution in [2.24, 2.45) is 0 Å². The largest absolute Gasteiger partial charge is 0.281 e. The lowest BCUT2D eigenvalue weighted by atomic mass is 10.1. The van der Waals surface area contributed by atoms with Crippen LogP contribution in [0.4, 0.5) is 0 Å². The van der Waals surface area contributed by atoms with E-state index >= 15 is 0 Å². The average molecular weight is 393 g/mol. The summed E-state index contributed by atoms with van der Waals surface area (Å²) in [4.78, 5) is 24.6. The van der Waals surface area contributed by atoms with Crippen LogP contribution in [0.25, 0.3) is 0 Å². The number of hydrogen-bond donors (Lipinski definition) is 2. The van der Waals surface area contributed by atoms with Crippen molar-refractivity contribution in [1.82, 2.24) is 15.2 Å². The molecule has 1 aliphatic heterocycles. The predicted octanol–water partition coefficient (Wildman–Crippen LogP) is 1.92. The molecule has 2 heterocycles. The number of hydrazine groups is 1. The van der Waals surface area contributed by atoms with Crippen LogP contribution in [0.1, 0.15) is 38.4 Å².